The van der Waals surface area contributed by atoms with Crippen LogP contribution in [0.5, 0.6) is 0 Å². The summed E-state index contributed by atoms with van der Waals surface area (Å²) < 4.78 is 13.8. The topological polar surface area (TPSA) is 69.0 Å². The quantitative estimate of drug-likeness (QED) is 0.843. The molecule has 1 N–H and O–H groups in total. The van der Waals surface area contributed by atoms with Gasteiger partial charge in [-0.3, -0.25) is 9.79 Å². The minimum Gasteiger partial charge on any atom is -0.329 e. The van der Waals surface area contributed by atoms with E-state index in [4.69, 9.17) is 0 Å². The molecule has 2 unspecified atom stereocenters. The highest BCUT2D eigenvalue weighted by molar-refractivity contribution is 9.10. The molecule has 2 heterocycles. The Morgan fingerprint density at radius 2 is 2.18 bits per heavy atom. The molecule has 3 rings (SSSR count). The molecule has 2 aromatic rings. The Morgan fingerprint density at radius 3 is 2.86 bits per heavy atom. The molecule has 1 aromatic carbocycles. The van der Waals surface area contributed by atoms with Crippen LogP contribution in [-0.4, -0.2) is 10.7 Å². The molecule has 110 valence electrons. The number of nitrogens with zero attached hydrogens (tertiary/aromatic N) is 2. The summed E-state index contributed by atoms with van der Waals surface area (Å²) in [6.45, 7) is 1.77. The monoisotopic (exact) mass is 359 g/mol. The predicted octanol–water partition coefficient (Wildman–Crippen LogP) is 3.65. The van der Waals surface area contributed by atoms with Crippen LogP contribution >= 0.6 is 15.9 Å². The molecule has 22 heavy (non-hydrogen) atoms. The minimum atomic E-state index is -0.562. The van der Waals surface area contributed by atoms with Crippen molar-refractivity contribution in [3.05, 3.63) is 62.2 Å². The first-order chi connectivity index (χ1) is 10.5. The summed E-state index contributed by atoms with van der Waals surface area (Å²) in [5, 5.41) is 9.50. The number of fused-ring (bicyclic) bond motifs is 1. The number of aliphatic imine (C=N–C) groups is 1. The second-order valence-corrected chi connectivity index (χ2v) is 5.97. The molecule has 0 amide bonds. The Morgan fingerprint density at radius 1 is 1.41 bits per heavy atom. The number of H-pyrrole nitrogens is 1. The molecule has 0 fully saturated rings. The van der Waals surface area contributed by atoms with E-state index in [2.05, 4.69) is 32.0 Å². The number of hydrogen-bond donors (Lipinski definition) is 1. The number of halogens is 2. The molecule has 0 bridgehead atoms. The van der Waals surface area contributed by atoms with Gasteiger partial charge in [-0.2, -0.15) is 5.26 Å². The average Bonchev–Trinajstić information content (AvgIpc) is 2.49. The summed E-state index contributed by atoms with van der Waals surface area (Å²) >= 11 is 3.15. The first-order valence-corrected chi connectivity index (χ1v) is 7.43. The van der Waals surface area contributed by atoms with Crippen molar-refractivity contribution in [1.29, 1.82) is 5.26 Å². The second kappa shape index (κ2) is 5.50. The molecule has 0 aliphatic carbocycles. The van der Waals surface area contributed by atoms with Crippen molar-refractivity contribution < 1.29 is 4.39 Å². The molecule has 0 radical (unpaired) electrons. The van der Waals surface area contributed by atoms with E-state index >= 15 is 0 Å². The third kappa shape index (κ3) is 2.28. The maximum Gasteiger partial charge on any atom is 0.253 e. The van der Waals surface area contributed by atoms with E-state index in [0.717, 1.165) is 0 Å². The molecule has 0 saturated heterocycles. The molecule has 1 aliphatic heterocycles. The lowest BCUT2D eigenvalue weighted by Gasteiger charge is -2.27. The van der Waals surface area contributed by atoms with Crippen molar-refractivity contribution in [2.24, 2.45) is 10.9 Å². The summed E-state index contributed by atoms with van der Waals surface area (Å²) in [4.78, 5) is 19.2. The van der Waals surface area contributed by atoms with Crippen molar-refractivity contribution in [3.8, 4) is 6.07 Å². The Bertz CT molecular complexity index is 882. The van der Waals surface area contributed by atoms with Crippen LogP contribution in [0.1, 0.15) is 24.0 Å². The molecule has 2 atom stereocenters. The van der Waals surface area contributed by atoms with Crippen LogP contribution in [0.3, 0.4) is 0 Å². The number of hydrogen-bond acceptors (Lipinski definition) is 3. The number of rotatable bonds is 1. The van der Waals surface area contributed by atoms with E-state index in [-0.39, 0.29) is 11.4 Å². The van der Waals surface area contributed by atoms with Crippen molar-refractivity contribution in [1.82, 2.24) is 4.98 Å². The van der Waals surface area contributed by atoms with Gasteiger partial charge in [-0.15, -0.1) is 0 Å². The van der Waals surface area contributed by atoms with Crippen LogP contribution in [0.25, 0.3) is 0 Å². The lowest BCUT2D eigenvalue weighted by Crippen LogP contribution is -2.29. The Balaban J connectivity index is 2.28. The lowest BCUT2D eigenvalue weighted by atomic mass is 9.77. The van der Waals surface area contributed by atoms with E-state index in [1.165, 1.54) is 12.3 Å². The van der Waals surface area contributed by atoms with Gasteiger partial charge in [-0.05, 0) is 46.6 Å². The van der Waals surface area contributed by atoms with E-state index in [1.54, 1.807) is 25.1 Å². The zero-order chi connectivity index (χ0) is 15.9. The average molecular weight is 360 g/mol. The van der Waals surface area contributed by atoms with E-state index in [1.807, 2.05) is 0 Å². The standard InChI is InChI=1S/C16H11BrFN3O/c1-8-10(7-19)14(9-2-3-12(18)11(17)6-9)15-13(21-8)4-5-20-16(15)22/h2-6,10,14H,1H3,(H,20,22). The van der Waals surface area contributed by atoms with Crippen LogP contribution in [0.2, 0.25) is 0 Å². The highest BCUT2D eigenvalue weighted by Gasteiger charge is 2.35. The van der Waals surface area contributed by atoms with Gasteiger partial charge in [0.2, 0.25) is 0 Å². The van der Waals surface area contributed by atoms with E-state index < -0.39 is 11.8 Å². The van der Waals surface area contributed by atoms with Gasteiger partial charge >= 0.3 is 0 Å². The van der Waals surface area contributed by atoms with E-state index in [0.29, 0.717) is 27.0 Å². The van der Waals surface area contributed by atoms with E-state index in [9.17, 15) is 14.4 Å². The van der Waals surface area contributed by atoms with Crippen molar-refractivity contribution in [2.75, 3.05) is 0 Å². The predicted molar refractivity (Wildman–Crippen MR) is 84.9 cm³/mol. The van der Waals surface area contributed by atoms with Gasteiger partial charge in [0.1, 0.15) is 5.82 Å². The Labute approximate surface area is 134 Å². The highest BCUT2D eigenvalue weighted by Crippen LogP contribution is 2.40. The number of pyridine rings is 1. The van der Waals surface area contributed by atoms with Crippen LogP contribution in [0, 0.1) is 23.1 Å². The molecule has 0 saturated carbocycles. The van der Waals surface area contributed by atoms with Crippen molar-refractivity contribution >= 4 is 27.3 Å². The van der Waals surface area contributed by atoms with Gasteiger partial charge in [0, 0.05) is 17.8 Å². The number of benzene rings is 1. The Kier molecular flexibility index (Phi) is 3.67. The van der Waals surface area contributed by atoms with Crippen molar-refractivity contribution in [3.63, 3.8) is 0 Å². The van der Waals surface area contributed by atoms with Gasteiger partial charge in [0.05, 0.1) is 27.7 Å². The first-order valence-electron chi connectivity index (χ1n) is 6.64. The summed E-state index contributed by atoms with van der Waals surface area (Å²) in [5.41, 5.74) is 2.06. The lowest BCUT2D eigenvalue weighted by molar-refractivity contribution is 0.617. The molecular weight excluding hydrogens is 349 g/mol. The van der Waals surface area contributed by atoms with Gasteiger partial charge < -0.3 is 4.98 Å². The van der Waals surface area contributed by atoms with Crippen LogP contribution in [0.15, 0.2) is 44.7 Å². The molecule has 6 heteroatoms. The van der Waals surface area contributed by atoms with Gasteiger partial charge in [0.25, 0.3) is 5.56 Å². The first kappa shape index (κ1) is 14.7. The van der Waals surface area contributed by atoms with Gasteiger partial charge in [-0.25, -0.2) is 4.39 Å². The zero-order valence-corrected chi connectivity index (χ0v) is 13.2. The molecule has 0 spiro atoms. The zero-order valence-electron chi connectivity index (χ0n) is 11.6. The molecular formula is C16H11BrFN3O. The molecule has 1 aliphatic rings. The number of aromatic nitrogens is 1. The van der Waals surface area contributed by atoms with Crippen LogP contribution in [0.4, 0.5) is 10.1 Å². The Hall–Kier alpha value is -2.26. The second-order valence-electron chi connectivity index (χ2n) is 5.12. The van der Waals surface area contributed by atoms with Crippen molar-refractivity contribution in [2.45, 2.75) is 12.8 Å². The maximum absolute atomic E-state index is 13.5. The fraction of sp³-hybridized carbons (Fsp3) is 0.188. The van der Waals surface area contributed by atoms with Gasteiger partial charge in [-0.1, -0.05) is 6.07 Å². The highest BCUT2D eigenvalue weighted by atomic mass is 79.9. The largest absolute Gasteiger partial charge is 0.329 e. The number of aromatic amines is 1. The third-order valence-electron chi connectivity index (χ3n) is 3.81. The van der Waals surface area contributed by atoms with Crippen LogP contribution < -0.4 is 5.56 Å². The molecule has 4 nitrogen and oxygen atoms in total. The fourth-order valence-corrected chi connectivity index (χ4v) is 3.17. The molecule has 1 aromatic heterocycles. The van der Waals surface area contributed by atoms with Crippen LogP contribution in [-0.2, 0) is 0 Å². The fourth-order valence-electron chi connectivity index (χ4n) is 2.78. The minimum absolute atomic E-state index is 0.278. The normalized spacial score (nSPS) is 20.0. The number of nitrogens with one attached hydrogen (secondary N) is 1. The van der Waals surface area contributed by atoms with Gasteiger partial charge in [0.15, 0.2) is 0 Å². The summed E-state index contributed by atoms with van der Waals surface area (Å²) in [6.07, 6.45) is 1.53. The maximum atomic E-state index is 13.5. The number of nitriles is 1. The smallest absolute Gasteiger partial charge is 0.253 e. The summed E-state index contributed by atoms with van der Waals surface area (Å²) in [7, 11) is 0. The third-order valence-corrected chi connectivity index (χ3v) is 4.42. The summed E-state index contributed by atoms with van der Waals surface area (Å²) in [6, 6.07) is 8.46. The summed E-state index contributed by atoms with van der Waals surface area (Å²) in [5.74, 6) is -1.42. The SMILES string of the molecule is CC1=Nc2cc[nH]c(=O)c2C(c2ccc(F)c(Br)c2)C1C#N.